The molecule has 0 aliphatic carbocycles. The van der Waals surface area contributed by atoms with Crippen LogP contribution in [0.4, 0.5) is 5.95 Å². The lowest BCUT2D eigenvalue weighted by Crippen LogP contribution is -2.18. The summed E-state index contributed by atoms with van der Waals surface area (Å²) >= 11 is 0. The van der Waals surface area contributed by atoms with E-state index in [0.717, 1.165) is 13.1 Å². The highest BCUT2D eigenvalue weighted by molar-refractivity contribution is 5.09. The number of hydrogen-bond acceptors (Lipinski definition) is 4. The highest BCUT2D eigenvalue weighted by atomic mass is 15.4. The van der Waals surface area contributed by atoms with Crippen LogP contribution in [-0.4, -0.2) is 40.3 Å². The molecular weight excluding hydrogens is 142 g/mol. The molecule has 0 saturated carbocycles. The normalized spacial score (nSPS) is 10.8. The summed E-state index contributed by atoms with van der Waals surface area (Å²) in [4.78, 5) is 5.89. The summed E-state index contributed by atoms with van der Waals surface area (Å²) in [7, 11) is 4.03. The molecule has 11 heavy (non-hydrogen) atoms. The minimum atomic E-state index is 0.337. The van der Waals surface area contributed by atoms with Crippen LogP contribution >= 0.6 is 0 Å². The first-order valence-electron chi connectivity index (χ1n) is 3.48. The Bertz CT molecular complexity index is 217. The van der Waals surface area contributed by atoms with Gasteiger partial charge in [-0.05, 0) is 14.1 Å². The van der Waals surface area contributed by atoms with Crippen LogP contribution in [0.15, 0.2) is 6.33 Å². The molecule has 0 radical (unpaired) electrons. The summed E-state index contributed by atoms with van der Waals surface area (Å²) in [6.07, 6.45) is 1.64. The summed E-state index contributed by atoms with van der Waals surface area (Å²) in [6.45, 7) is 1.78. The highest BCUT2D eigenvalue weighted by Crippen LogP contribution is 1.89. The van der Waals surface area contributed by atoms with Gasteiger partial charge in [0.05, 0.1) is 6.54 Å². The Labute approximate surface area is 65.8 Å². The lowest BCUT2D eigenvalue weighted by Gasteiger charge is -2.07. The number of nitrogens with two attached hydrogens (primary N) is 1. The molecule has 0 unspecified atom stereocenters. The van der Waals surface area contributed by atoms with Gasteiger partial charge in [0.1, 0.15) is 6.33 Å². The Hall–Kier alpha value is -1.10. The first kappa shape index (κ1) is 8.00. The fourth-order valence-electron chi connectivity index (χ4n) is 0.719. The molecule has 0 fully saturated rings. The Morgan fingerprint density at radius 3 is 2.82 bits per heavy atom. The van der Waals surface area contributed by atoms with E-state index in [1.54, 1.807) is 11.0 Å². The monoisotopic (exact) mass is 155 g/mol. The van der Waals surface area contributed by atoms with Gasteiger partial charge in [0.25, 0.3) is 0 Å². The predicted octanol–water partition coefficient (Wildman–Crippen LogP) is -0.578. The first-order chi connectivity index (χ1) is 5.18. The molecule has 0 bridgehead atoms. The molecular formula is C6H13N5. The van der Waals surface area contributed by atoms with Crippen molar-refractivity contribution in [3.63, 3.8) is 0 Å². The number of anilines is 1. The van der Waals surface area contributed by atoms with E-state index in [9.17, 15) is 0 Å². The van der Waals surface area contributed by atoms with Crippen LogP contribution in [0.5, 0.6) is 0 Å². The standard InChI is InChI=1S/C6H13N5/c1-10(2)3-4-11-5-8-6(7)9-11/h5H,3-4H2,1-2H3,(H2,7,9). The van der Waals surface area contributed by atoms with Crippen molar-refractivity contribution in [2.75, 3.05) is 26.4 Å². The molecule has 1 aromatic rings. The average molecular weight is 155 g/mol. The summed E-state index contributed by atoms with van der Waals surface area (Å²) in [5, 5.41) is 3.94. The molecule has 0 spiro atoms. The fourth-order valence-corrected chi connectivity index (χ4v) is 0.719. The third kappa shape index (κ3) is 2.55. The van der Waals surface area contributed by atoms with Crippen molar-refractivity contribution in [3.05, 3.63) is 6.33 Å². The van der Waals surface area contributed by atoms with Crippen LogP contribution < -0.4 is 5.73 Å². The summed E-state index contributed by atoms with van der Waals surface area (Å²) < 4.78 is 1.73. The average Bonchev–Trinajstić information content (AvgIpc) is 2.31. The van der Waals surface area contributed by atoms with Gasteiger partial charge in [0, 0.05) is 6.54 Å². The summed E-state index contributed by atoms with van der Waals surface area (Å²) in [5.74, 6) is 0.337. The smallest absolute Gasteiger partial charge is 0.239 e. The van der Waals surface area contributed by atoms with E-state index in [1.165, 1.54) is 0 Å². The number of rotatable bonds is 3. The zero-order valence-corrected chi connectivity index (χ0v) is 6.86. The molecule has 1 aromatic heterocycles. The van der Waals surface area contributed by atoms with Gasteiger partial charge in [0.15, 0.2) is 0 Å². The molecule has 62 valence electrons. The number of likely N-dealkylation sites (N-methyl/N-ethyl adjacent to an activating group) is 1. The summed E-state index contributed by atoms with van der Waals surface area (Å²) in [5.41, 5.74) is 5.33. The van der Waals surface area contributed by atoms with E-state index in [-0.39, 0.29) is 0 Å². The molecule has 2 N–H and O–H groups in total. The van der Waals surface area contributed by atoms with Gasteiger partial charge in [-0.25, -0.2) is 9.67 Å². The molecule has 0 atom stereocenters. The lowest BCUT2D eigenvalue weighted by atomic mass is 10.6. The van der Waals surface area contributed by atoms with E-state index in [1.807, 2.05) is 14.1 Å². The minimum absolute atomic E-state index is 0.337. The van der Waals surface area contributed by atoms with Crippen LogP contribution in [0.2, 0.25) is 0 Å². The van der Waals surface area contributed by atoms with Crippen LogP contribution in [0.25, 0.3) is 0 Å². The maximum atomic E-state index is 5.33. The van der Waals surface area contributed by atoms with E-state index >= 15 is 0 Å². The fraction of sp³-hybridized carbons (Fsp3) is 0.667. The van der Waals surface area contributed by atoms with Gasteiger partial charge in [-0.3, -0.25) is 0 Å². The van der Waals surface area contributed by atoms with Crippen LogP contribution in [0, 0.1) is 0 Å². The van der Waals surface area contributed by atoms with E-state index < -0.39 is 0 Å². The molecule has 0 aliphatic rings. The van der Waals surface area contributed by atoms with Crippen LogP contribution in [0.3, 0.4) is 0 Å². The number of hydrogen-bond donors (Lipinski definition) is 1. The van der Waals surface area contributed by atoms with Crippen molar-refractivity contribution in [1.82, 2.24) is 19.7 Å². The molecule has 0 saturated heterocycles. The predicted molar refractivity (Wildman–Crippen MR) is 43.0 cm³/mol. The van der Waals surface area contributed by atoms with Crippen LogP contribution in [0.1, 0.15) is 0 Å². The second-order valence-corrected chi connectivity index (χ2v) is 2.67. The number of nitrogens with zero attached hydrogens (tertiary/aromatic N) is 4. The zero-order chi connectivity index (χ0) is 8.27. The van der Waals surface area contributed by atoms with Crippen molar-refractivity contribution in [3.8, 4) is 0 Å². The Morgan fingerprint density at radius 2 is 2.36 bits per heavy atom. The molecule has 0 aliphatic heterocycles. The third-order valence-electron chi connectivity index (χ3n) is 1.33. The van der Waals surface area contributed by atoms with Crippen molar-refractivity contribution in [1.29, 1.82) is 0 Å². The highest BCUT2D eigenvalue weighted by Gasteiger charge is 1.95. The largest absolute Gasteiger partial charge is 0.367 e. The maximum Gasteiger partial charge on any atom is 0.239 e. The molecule has 5 heteroatoms. The van der Waals surface area contributed by atoms with Gasteiger partial charge in [-0.15, -0.1) is 5.10 Å². The molecule has 1 heterocycles. The third-order valence-corrected chi connectivity index (χ3v) is 1.33. The Balaban J connectivity index is 2.39. The topological polar surface area (TPSA) is 60.0 Å². The van der Waals surface area contributed by atoms with Gasteiger partial charge < -0.3 is 10.6 Å². The van der Waals surface area contributed by atoms with Crippen molar-refractivity contribution in [2.24, 2.45) is 0 Å². The molecule has 1 rings (SSSR count). The van der Waals surface area contributed by atoms with E-state index in [4.69, 9.17) is 5.73 Å². The van der Waals surface area contributed by atoms with Crippen molar-refractivity contribution >= 4 is 5.95 Å². The number of aromatic nitrogens is 3. The second-order valence-electron chi connectivity index (χ2n) is 2.67. The SMILES string of the molecule is CN(C)CCn1cnc(N)n1. The van der Waals surface area contributed by atoms with E-state index in [2.05, 4.69) is 15.0 Å². The Kier molecular flexibility index (Phi) is 2.43. The van der Waals surface area contributed by atoms with Crippen molar-refractivity contribution < 1.29 is 0 Å². The Morgan fingerprint density at radius 1 is 1.64 bits per heavy atom. The maximum absolute atomic E-state index is 5.33. The number of nitrogen functional groups attached to an aromatic ring is 1. The molecule has 0 aromatic carbocycles. The minimum Gasteiger partial charge on any atom is -0.367 e. The quantitative estimate of drug-likeness (QED) is 0.634. The summed E-state index contributed by atoms with van der Waals surface area (Å²) in [6, 6.07) is 0. The van der Waals surface area contributed by atoms with Crippen LogP contribution in [-0.2, 0) is 6.54 Å². The van der Waals surface area contributed by atoms with Crippen molar-refractivity contribution in [2.45, 2.75) is 6.54 Å². The van der Waals surface area contributed by atoms with Gasteiger partial charge >= 0.3 is 0 Å². The molecule has 5 nitrogen and oxygen atoms in total. The van der Waals surface area contributed by atoms with Gasteiger partial charge in [0.2, 0.25) is 5.95 Å². The second kappa shape index (κ2) is 3.34. The van der Waals surface area contributed by atoms with E-state index in [0.29, 0.717) is 5.95 Å². The first-order valence-corrected chi connectivity index (χ1v) is 3.48. The van der Waals surface area contributed by atoms with Gasteiger partial charge in [-0.2, -0.15) is 0 Å². The zero-order valence-electron chi connectivity index (χ0n) is 6.86. The lowest BCUT2D eigenvalue weighted by molar-refractivity contribution is 0.373. The van der Waals surface area contributed by atoms with Gasteiger partial charge in [-0.1, -0.05) is 0 Å². The molecule has 0 amide bonds.